The molecule has 3 aliphatic rings. The summed E-state index contributed by atoms with van der Waals surface area (Å²) < 4.78 is 11.0. The van der Waals surface area contributed by atoms with E-state index < -0.39 is 0 Å². The zero-order chi connectivity index (χ0) is 25.6. The minimum atomic E-state index is 0.0642. The number of fused-ring (bicyclic) bond motifs is 1. The van der Waals surface area contributed by atoms with Crippen molar-refractivity contribution in [3.8, 4) is 11.5 Å². The Morgan fingerprint density at radius 1 is 1.05 bits per heavy atom. The second-order valence-electron chi connectivity index (χ2n) is 10.5. The van der Waals surface area contributed by atoms with Gasteiger partial charge in [0.2, 0.25) is 6.79 Å². The molecule has 2 fully saturated rings. The quantitative estimate of drug-likeness (QED) is 0.334. The molecule has 2 atom stereocenters. The second-order valence-corrected chi connectivity index (χ2v) is 10.5. The molecule has 2 heterocycles. The Morgan fingerprint density at radius 3 is 2.68 bits per heavy atom. The molecule has 1 saturated carbocycles. The topological polar surface area (TPSA) is 92.4 Å². The third-order valence-corrected chi connectivity index (χ3v) is 7.76. The van der Waals surface area contributed by atoms with Crippen molar-refractivity contribution in [2.75, 3.05) is 51.4 Å². The van der Waals surface area contributed by atoms with Gasteiger partial charge in [-0.2, -0.15) is 0 Å². The van der Waals surface area contributed by atoms with E-state index in [0.29, 0.717) is 24.2 Å². The largest absolute Gasteiger partial charge is 0.454 e. The molecular weight excluding hydrogens is 466 g/mol. The number of rotatable bonds is 7. The summed E-state index contributed by atoms with van der Waals surface area (Å²) in [6, 6.07) is 13.9. The molecule has 2 aliphatic heterocycles. The van der Waals surface area contributed by atoms with Crippen molar-refractivity contribution in [2.45, 2.75) is 39.2 Å². The third kappa shape index (κ3) is 6.62. The molecule has 0 radical (unpaired) electrons. The van der Waals surface area contributed by atoms with Crippen LogP contribution in [0, 0.1) is 11.8 Å². The van der Waals surface area contributed by atoms with Crippen molar-refractivity contribution >= 4 is 17.4 Å². The van der Waals surface area contributed by atoms with E-state index in [2.05, 4.69) is 27.2 Å². The molecule has 0 aromatic heterocycles. The lowest BCUT2D eigenvalue weighted by Crippen LogP contribution is -2.50. The van der Waals surface area contributed by atoms with Gasteiger partial charge in [-0.3, -0.25) is 14.7 Å². The number of hydrogen-bond acceptors (Lipinski definition) is 6. The predicted molar refractivity (Wildman–Crippen MR) is 146 cm³/mol. The molecule has 37 heavy (non-hydrogen) atoms. The molecule has 0 spiro atoms. The summed E-state index contributed by atoms with van der Waals surface area (Å²) in [5, 5.41) is 3.55. The van der Waals surface area contributed by atoms with Crippen LogP contribution in [0.3, 0.4) is 0 Å². The zero-order valence-corrected chi connectivity index (χ0v) is 21.8. The van der Waals surface area contributed by atoms with E-state index >= 15 is 0 Å². The number of nitrogens with one attached hydrogen (secondary N) is 1. The minimum absolute atomic E-state index is 0.0642. The zero-order valence-electron chi connectivity index (χ0n) is 21.8. The molecule has 5 rings (SSSR count). The molecule has 1 aliphatic carbocycles. The number of benzene rings is 2. The molecule has 0 amide bonds. The number of ketones is 1. The van der Waals surface area contributed by atoms with Gasteiger partial charge >= 0.3 is 0 Å². The van der Waals surface area contributed by atoms with Crippen LogP contribution in [0.4, 0.5) is 5.69 Å². The van der Waals surface area contributed by atoms with E-state index in [1.54, 1.807) is 6.92 Å². The van der Waals surface area contributed by atoms with E-state index in [9.17, 15) is 4.79 Å². The van der Waals surface area contributed by atoms with Crippen LogP contribution in [0.15, 0.2) is 47.5 Å². The summed E-state index contributed by atoms with van der Waals surface area (Å²) in [5.41, 5.74) is 8.81. The first-order valence-corrected chi connectivity index (χ1v) is 13.6. The number of nitrogens with zero attached hydrogens (tertiary/aromatic N) is 3. The van der Waals surface area contributed by atoms with Crippen molar-refractivity contribution in [1.82, 2.24) is 9.80 Å². The number of piperazine rings is 1. The molecule has 0 bridgehead atoms. The van der Waals surface area contributed by atoms with Gasteiger partial charge in [-0.25, -0.2) is 0 Å². The number of aliphatic imine (C=N–C) groups is 1. The highest BCUT2D eigenvalue weighted by Gasteiger charge is 2.24. The van der Waals surface area contributed by atoms with Gasteiger partial charge in [-0.1, -0.05) is 24.6 Å². The second kappa shape index (κ2) is 12.0. The Hall–Kier alpha value is -3.10. The van der Waals surface area contributed by atoms with Gasteiger partial charge in [0.05, 0.1) is 0 Å². The predicted octanol–water partition coefficient (Wildman–Crippen LogP) is 3.97. The fraction of sp³-hybridized carbons (Fsp3) is 0.517. The van der Waals surface area contributed by atoms with Crippen LogP contribution in [0.1, 0.15) is 48.5 Å². The number of anilines is 1. The average Bonchev–Trinajstić information content (AvgIpc) is 3.40. The molecule has 198 valence electrons. The molecular formula is C29H39N5O3. The van der Waals surface area contributed by atoms with Gasteiger partial charge in [0.25, 0.3) is 0 Å². The Kier molecular flexibility index (Phi) is 8.26. The monoisotopic (exact) mass is 505 g/mol. The lowest BCUT2D eigenvalue weighted by atomic mass is 9.81. The maximum atomic E-state index is 11.9. The lowest BCUT2D eigenvalue weighted by Gasteiger charge is -2.37. The summed E-state index contributed by atoms with van der Waals surface area (Å²) in [7, 11) is 0. The first kappa shape index (κ1) is 25.5. The average molecular weight is 506 g/mol. The van der Waals surface area contributed by atoms with Crippen molar-refractivity contribution in [3.63, 3.8) is 0 Å². The van der Waals surface area contributed by atoms with Gasteiger partial charge in [-0.05, 0) is 74.4 Å². The van der Waals surface area contributed by atoms with Crippen LogP contribution in [0.25, 0.3) is 0 Å². The lowest BCUT2D eigenvalue weighted by molar-refractivity contribution is 0.101. The number of ether oxygens (including phenoxy) is 2. The van der Waals surface area contributed by atoms with E-state index in [4.69, 9.17) is 20.2 Å². The van der Waals surface area contributed by atoms with Crippen LogP contribution in [-0.2, 0) is 6.54 Å². The summed E-state index contributed by atoms with van der Waals surface area (Å²) in [5.74, 6) is 3.83. The number of hydrogen-bond donors (Lipinski definition) is 2. The first-order valence-electron chi connectivity index (χ1n) is 13.6. The first-order chi connectivity index (χ1) is 18.1. The van der Waals surface area contributed by atoms with Crippen molar-refractivity contribution < 1.29 is 14.3 Å². The van der Waals surface area contributed by atoms with Crippen LogP contribution in [0.2, 0.25) is 0 Å². The standard InChI is InChI=1S/C29H39N5O3/c1-21(35)25-6-3-7-26(16-25)32-29(31-18-23-5-2-4-22(14-23)17-30)34-12-10-33(11-13-34)19-24-8-9-27-28(15-24)37-20-36-27/h3,6-9,15-16,22-23H,2,4-5,10-14,17-20,30H2,1H3,(H,31,32). The highest BCUT2D eigenvalue weighted by molar-refractivity contribution is 5.98. The smallest absolute Gasteiger partial charge is 0.231 e. The Morgan fingerprint density at radius 2 is 1.86 bits per heavy atom. The molecule has 1 saturated heterocycles. The molecule has 3 N–H and O–H groups in total. The van der Waals surface area contributed by atoms with E-state index in [0.717, 1.165) is 75.4 Å². The third-order valence-electron chi connectivity index (χ3n) is 7.76. The summed E-state index contributed by atoms with van der Waals surface area (Å²) in [6.45, 7) is 8.03. The number of carbonyl (C=O) groups is 1. The van der Waals surface area contributed by atoms with Crippen molar-refractivity contribution in [2.24, 2.45) is 22.6 Å². The number of carbonyl (C=O) groups excluding carboxylic acids is 1. The highest BCUT2D eigenvalue weighted by Crippen LogP contribution is 2.33. The summed E-state index contributed by atoms with van der Waals surface area (Å²) >= 11 is 0. The summed E-state index contributed by atoms with van der Waals surface area (Å²) in [4.78, 5) is 21.9. The number of nitrogens with two attached hydrogens (primary N) is 1. The normalized spacial score (nSPS) is 22.2. The van der Waals surface area contributed by atoms with E-state index in [1.807, 2.05) is 30.3 Å². The minimum Gasteiger partial charge on any atom is -0.454 e. The fourth-order valence-corrected chi connectivity index (χ4v) is 5.58. The van der Waals surface area contributed by atoms with Crippen LogP contribution >= 0.6 is 0 Å². The molecule has 8 heteroatoms. The molecule has 2 aromatic rings. The highest BCUT2D eigenvalue weighted by atomic mass is 16.7. The van der Waals surface area contributed by atoms with Crippen LogP contribution in [0.5, 0.6) is 11.5 Å². The Labute approximate surface area is 219 Å². The van der Waals surface area contributed by atoms with Gasteiger partial charge in [-0.15, -0.1) is 0 Å². The van der Waals surface area contributed by atoms with Gasteiger partial charge < -0.3 is 25.4 Å². The van der Waals surface area contributed by atoms with E-state index in [-0.39, 0.29) is 5.78 Å². The van der Waals surface area contributed by atoms with Crippen molar-refractivity contribution in [3.05, 3.63) is 53.6 Å². The Balaban J connectivity index is 1.25. The van der Waals surface area contributed by atoms with E-state index in [1.165, 1.54) is 24.8 Å². The SMILES string of the molecule is CC(=O)c1cccc(NC(=NCC2CCCC(CN)C2)N2CCN(Cc3ccc4c(c3)OCO4)CC2)c1. The Bertz CT molecular complexity index is 1110. The molecule has 2 unspecified atom stereocenters. The van der Waals surface area contributed by atoms with Gasteiger partial charge in [0, 0.05) is 50.5 Å². The summed E-state index contributed by atoms with van der Waals surface area (Å²) in [6.07, 6.45) is 4.86. The van der Waals surface area contributed by atoms with Crippen LogP contribution in [-0.4, -0.2) is 67.6 Å². The van der Waals surface area contributed by atoms with Gasteiger partial charge in [0.1, 0.15) is 0 Å². The maximum absolute atomic E-state index is 11.9. The number of guanidine groups is 1. The molecule has 8 nitrogen and oxygen atoms in total. The molecule has 2 aromatic carbocycles. The van der Waals surface area contributed by atoms with Crippen molar-refractivity contribution in [1.29, 1.82) is 0 Å². The van der Waals surface area contributed by atoms with Crippen LogP contribution < -0.4 is 20.5 Å². The maximum Gasteiger partial charge on any atom is 0.231 e. The fourth-order valence-electron chi connectivity index (χ4n) is 5.58. The van der Waals surface area contributed by atoms with Gasteiger partial charge in [0.15, 0.2) is 23.2 Å². The number of Topliss-reactive ketones (excluding diaryl/α,β-unsaturated/α-hetero) is 1.